The number of nitriles is 1. The molecule has 0 saturated carbocycles. The largest absolute Gasteiger partial charge is 0.416 e. The first kappa shape index (κ1) is 13.6. The van der Waals surface area contributed by atoms with Gasteiger partial charge in [-0.2, -0.15) is 18.4 Å². The number of nitrogens with two attached hydrogens (primary N) is 1. The smallest absolute Gasteiger partial charge is 0.382 e. The maximum Gasteiger partial charge on any atom is 0.416 e. The summed E-state index contributed by atoms with van der Waals surface area (Å²) in [5.74, 6) is 0.485. The Labute approximate surface area is 111 Å². The van der Waals surface area contributed by atoms with E-state index in [4.69, 9.17) is 11.0 Å². The van der Waals surface area contributed by atoms with Crippen LogP contribution in [0.4, 0.5) is 30.5 Å². The Kier molecular flexibility index (Phi) is 3.43. The molecule has 1 heterocycles. The van der Waals surface area contributed by atoms with Crippen molar-refractivity contribution in [2.45, 2.75) is 6.18 Å². The summed E-state index contributed by atoms with van der Waals surface area (Å²) >= 11 is 0. The van der Waals surface area contributed by atoms with Crippen LogP contribution in [0.1, 0.15) is 11.1 Å². The second kappa shape index (κ2) is 5.05. The second-order valence-electron chi connectivity index (χ2n) is 3.82. The van der Waals surface area contributed by atoms with Gasteiger partial charge in [-0.25, -0.2) is 9.97 Å². The lowest BCUT2D eigenvalue weighted by Gasteiger charge is -2.11. The Morgan fingerprint density at radius 1 is 1.20 bits per heavy atom. The molecule has 1 aromatic carbocycles. The maximum atomic E-state index is 12.5. The van der Waals surface area contributed by atoms with Crippen LogP contribution in [0.5, 0.6) is 0 Å². The third-order valence-corrected chi connectivity index (χ3v) is 2.40. The highest BCUT2D eigenvalue weighted by Crippen LogP contribution is 2.32. The van der Waals surface area contributed by atoms with Gasteiger partial charge in [0.2, 0.25) is 0 Å². The monoisotopic (exact) mass is 279 g/mol. The first-order chi connectivity index (χ1) is 9.40. The molecule has 0 atom stereocenters. The van der Waals surface area contributed by atoms with Crippen LogP contribution in [0.25, 0.3) is 0 Å². The van der Waals surface area contributed by atoms with Crippen molar-refractivity contribution in [3.63, 3.8) is 0 Å². The molecule has 0 spiro atoms. The minimum Gasteiger partial charge on any atom is -0.382 e. The summed E-state index contributed by atoms with van der Waals surface area (Å²) in [5.41, 5.74) is 4.55. The van der Waals surface area contributed by atoms with Crippen LogP contribution >= 0.6 is 0 Å². The molecule has 0 amide bonds. The van der Waals surface area contributed by atoms with Crippen molar-refractivity contribution in [2.75, 3.05) is 11.1 Å². The molecular weight excluding hydrogens is 271 g/mol. The Balaban J connectivity index is 2.33. The third kappa shape index (κ3) is 2.95. The molecule has 0 aliphatic rings. The molecular formula is C12H8F3N5. The zero-order valence-corrected chi connectivity index (χ0v) is 9.94. The fraction of sp³-hybridized carbons (Fsp3) is 0.0833. The summed E-state index contributed by atoms with van der Waals surface area (Å²) in [6.07, 6.45) is -1.89. The quantitative estimate of drug-likeness (QED) is 0.882. The number of alkyl halides is 3. The van der Waals surface area contributed by atoms with E-state index in [-0.39, 0.29) is 22.9 Å². The fourth-order valence-corrected chi connectivity index (χ4v) is 1.46. The van der Waals surface area contributed by atoms with E-state index in [9.17, 15) is 13.2 Å². The van der Waals surface area contributed by atoms with Crippen LogP contribution in [0.15, 0.2) is 30.6 Å². The fourth-order valence-electron chi connectivity index (χ4n) is 1.46. The van der Waals surface area contributed by atoms with E-state index in [1.807, 2.05) is 0 Å². The predicted octanol–water partition coefficient (Wildman–Crippen LogP) is 2.69. The highest BCUT2D eigenvalue weighted by molar-refractivity contribution is 5.65. The molecule has 1 aromatic heterocycles. The van der Waals surface area contributed by atoms with Gasteiger partial charge in [-0.05, 0) is 18.2 Å². The molecule has 102 valence electrons. The average Bonchev–Trinajstić information content (AvgIpc) is 2.40. The van der Waals surface area contributed by atoms with Crippen LogP contribution in [-0.2, 0) is 6.18 Å². The summed E-state index contributed by atoms with van der Waals surface area (Å²) in [5, 5.41) is 11.6. The lowest BCUT2D eigenvalue weighted by Crippen LogP contribution is -2.06. The average molecular weight is 279 g/mol. The van der Waals surface area contributed by atoms with Gasteiger partial charge in [0.05, 0.1) is 29.2 Å². The van der Waals surface area contributed by atoms with Gasteiger partial charge in [-0.1, -0.05) is 0 Å². The zero-order valence-electron chi connectivity index (χ0n) is 9.94. The number of halogens is 3. The molecule has 0 aliphatic carbocycles. The van der Waals surface area contributed by atoms with Gasteiger partial charge in [0.25, 0.3) is 0 Å². The molecule has 2 aromatic rings. The number of nitrogens with zero attached hydrogens (tertiary/aromatic N) is 3. The van der Waals surface area contributed by atoms with Crippen LogP contribution < -0.4 is 11.1 Å². The molecule has 0 fully saturated rings. The van der Waals surface area contributed by atoms with E-state index in [1.54, 1.807) is 6.07 Å². The number of aromatic nitrogens is 2. The SMILES string of the molecule is N#Cc1cc(C(F)(F)F)ccc1Nc1cnc(N)cn1. The van der Waals surface area contributed by atoms with E-state index in [0.29, 0.717) is 0 Å². The van der Waals surface area contributed by atoms with E-state index >= 15 is 0 Å². The topological polar surface area (TPSA) is 87.6 Å². The van der Waals surface area contributed by atoms with Crippen molar-refractivity contribution in [1.29, 1.82) is 5.26 Å². The summed E-state index contributed by atoms with van der Waals surface area (Å²) in [4.78, 5) is 7.67. The molecule has 3 N–H and O–H groups in total. The van der Waals surface area contributed by atoms with Gasteiger partial charge in [-0.15, -0.1) is 0 Å². The van der Waals surface area contributed by atoms with Gasteiger partial charge in [-0.3, -0.25) is 0 Å². The van der Waals surface area contributed by atoms with E-state index < -0.39 is 11.7 Å². The molecule has 0 saturated heterocycles. The molecule has 0 radical (unpaired) electrons. The van der Waals surface area contributed by atoms with Gasteiger partial charge in [0.15, 0.2) is 0 Å². The summed E-state index contributed by atoms with van der Waals surface area (Å²) in [6, 6.07) is 4.52. The van der Waals surface area contributed by atoms with Crippen molar-refractivity contribution < 1.29 is 13.2 Å². The summed E-state index contributed by atoms with van der Waals surface area (Å²) in [7, 11) is 0. The number of rotatable bonds is 2. The number of nitrogens with one attached hydrogen (secondary N) is 1. The Morgan fingerprint density at radius 3 is 2.50 bits per heavy atom. The predicted molar refractivity (Wildman–Crippen MR) is 65.9 cm³/mol. The maximum absolute atomic E-state index is 12.5. The van der Waals surface area contributed by atoms with Crippen molar-refractivity contribution in [3.05, 3.63) is 41.7 Å². The van der Waals surface area contributed by atoms with Gasteiger partial charge < -0.3 is 11.1 Å². The van der Waals surface area contributed by atoms with E-state index in [1.165, 1.54) is 18.5 Å². The van der Waals surface area contributed by atoms with Crippen LogP contribution in [0.3, 0.4) is 0 Å². The number of benzene rings is 1. The molecule has 0 bridgehead atoms. The van der Waals surface area contributed by atoms with Crippen molar-refractivity contribution in [1.82, 2.24) is 9.97 Å². The zero-order chi connectivity index (χ0) is 14.8. The van der Waals surface area contributed by atoms with Crippen molar-refractivity contribution in [2.24, 2.45) is 0 Å². The normalized spacial score (nSPS) is 10.9. The molecule has 5 nitrogen and oxygen atoms in total. The molecule has 20 heavy (non-hydrogen) atoms. The highest BCUT2D eigenvalue weighted by atomic mass is 19.4. The third-order valence-electron chi connectivity index (χ3n) is 2.40. The number of hydrogen-bond donors (Lipinski definition) is 2. The second-order valence-corrected chi connectivity index (χ2v) is 3.82. The number of nitrogen functional groups attached to an aromatic ring is 1. The summed E-state index contributed by atoms with van der Waals surface area (Å²) < 4.78 is 37.6. The molecule has 0 aliphatic heterocycles. The number of anilines is 3. The van der Waals surface area contributed by atoms with E-state index in [2.05, 4.69) is 15.3 Å². The Bertz CT molecular complexity index is 658. The number of hydrogen-bond acceptors (Lipinski definition) is 5. The Hall–Kier alpha value is -2.82. The molecule has 2 rings (SSSR count). The first-order valence-electron chi connectivity index (χ1n) is 5.36. The minimum atomic E-state index is -4.49. The highest BCUT2D eigenvalue weighted by Gasteiger charge is 2.31. The van der Waals surface area contributed by atoms with Crippen molar-refractivity contribution >= 4 is 17.3 Å². The molecule has 8 heteroatoms. The first-order valence-corrected chi connectivity index (χ1v) is 5.36. The van der Waals surface area contributed by atoms with Gasteiger partial charge in [0.1, 0.15) is 17.7 Å². The van der Waals surface area contributed by atoms with Gasteiger partial charge in [0, 0.05) is 0 Å². The van der Waals surface area contributed by atoms with Gasteiger partial charge >= 0.3 is 6.18 Å². The molecule has 0 unspecified atom stereocenters. The van der Waals surface area contributed by atoms with Crippen molar-refractivity contribution in [3.8, 4) is 6.07 Å². The lowest BCUT2D eigenvalue weighted by molar-refractivity contribution is -0.137. The Morgan fingerprint density at radius 2 is 1.95 bits per heavy atom. The lowest BCUT2D eigenvalue weighted by atomic mass is 10.1. The van der Waals surface area contributed by atoms with Crippen LogP contribution in [0, 0.1) is 11.3 Å². The van der Waals surface area contributed by atoms with Crippen LogP contribution in [0.2, 0.25) is 0 Å². The summed E-state index contributed by atoms with van der Waals surface area (Å²) in [6.45, 7) is 0. The minimum absolute atomic E-state index is 0.140. The van der Waals surface area contributed by atoms with E-state index in [0.717, 1.165) is 12.1 Å². The standard InChI is InChI=1S/C12H8F3N5/c13-12(14,15)8-1-2-9(7(3-8)4-16)20-11-6-18-10(17)5-19-11/h1-3,5-6H,(H2,17,18)(H,19,20). The van der Waals surface area contributed by atoms with Crippen LogP contribution in [-0.4, -0.2) is 9.97 Å².